The Hall–Kier alpha value is -1.69. The van der Waals surface area contributed by atoms with Gasteiger partial charge < -0.3 is 5.32 Å². The van der Waals surface area contributed by atoms with Gasteiger partial charge in [-0.15, -0.1) is 0 Å². The fourth-order valence-corrected chi connectivity index (χ4v) is 1.83. The molecule has 0 radical (unpaired) electrons. The van der Waals surface area contributed by atoms with Crippen LogP contribution in [0.1, 0.15) is 21.6 Å². The summed E-state index contributed by atoms with van der Waals surface area (Å²) in [5, 5.41) is 9.27. The van der Waals surface area contributed by atoms with E-state index in [1.54, 1.807) is 6.07 Å². The summed E-state index contributed by atoms with van der Waals surface area (Å²) in [6.45, 7) is 3.67. The minimum Gasteiger partial charge on any atom is -0.305 e. The van der Waals surface area contributed by atoms with Crippen molar-refractivity contribution in [2.45, 2.75) is 13.8 Å². The summed E-state index contributed by atoms with van der Waals surface area (Å²) in [5.74, 6) is -0.694. The lowest BCUT2D eigenvalue weighted by atomic mass is 10.2. The van der Waals surface area contributed by atoms with Crippen molar-refractivity contribution in [1.29, 1.82) is 0 Å². The van der Waals surface area contributed by atoms with E-state index in [1.165, 1.54) is 12.1 Å². The van der Waals surface area contributed by atoms with Gasteiger partial charge >= 0.3 is 0 Å². The number of rotatable bonds is 2. The predicted molar refractivity (Wildman–Crippen MR) is 70.1 cm³/mol. The van der Waals surface area contributed by atoms with Crippen LogP contribution in [0, 0.1) is 19.7 Å². The third-order valence-corrected chi connectivity index (χ3v) is 3.29. The molecule has 1 heterocycles. The monoisotopic (exact) mass is 311 g/mol. The summed E-state index contributed by atoms with van der Waals surface area (Å²) in [7, 11) is 0. The fraction of sp³-hybridized carbons (Fsp3) is 0.167. The molecule has 2 N–H and O–H groups in total. The van der Waals surface area contributed by atoms with E-state index in [0.29, 0.717) is 5.82 Å². The zero-order chi connectivity index (χ0) is 13.3. The standard InChI is InChI=1S/C12H11BrFN3O/c1-6-7(2)16-17-11(6)15-12(18)8-4-3-5-9(13)10(8)14/h3-5H,1-2H3,(H2,15,16,17,18). The highest BCUT2D eigenvalue weighted by molar-refractivity contribution is 9.10. The van der Waals surface area contributed by atoms with E-state index in [4.69, 9.17) is 0 Å². The van der Waals surface area contributed by atoms with Crippen molar-refractivity contribution in [2.75, 3.05) is 5.32 Å². The maximum atomic E-state index is 13.7. The second kappa shape index (κ2) is 4.89. The SMILES string of the molecule is Cc1[nH]nc(NC(=O)c2cccc(Br)c2F)c1C. The minimum atomic E-state index is -0.583. The molecule has 18 heavy (non-hydrogen) atoms. The first kappa shape index (κ1) is 12.8. The molecule has 0 atom stereocenters. The molecule has 0 bridgehead atoms. The topological polar surface area (TPSA) is 57.8 Å². The van der Waals surface area contributed by atoms with Crippen LogP contribution in [-0.4, -0.2) is 16.1 Å². The lowest BCUT2D eigenvalue weighted by Crippen LogP contribution is -2.14. The molecule has 0 saturated heterocycles. The number of halogens is 2. The van der Waals surface area contributed by atoms with E-state index in [9.17, 15) is 9.18 Å². The molecule has 4 nitrogen and oxygen atoms in total. The van der Waals surface area contributed by atoms with Crippen LogP contribution < -0.4 is 5.32 Å². The first-order chi connectivity index (χ1) is 8.50. The van der Waals surface area contributed by atoms with Gasteiger partial charge in [0.25, 0.3) is 5.91 Å². The number of aryl methyl sites for hydroxylation is 1. The maximum absolute atomic E-state index is 13.7. The first-order valence-corrected chi connectivity index (χ1v) is 6.07. The van der Waals surface area contributed by atoms with Crippen LogP contribution in [0.15, 0.2) is 22.7 Å². The minimum absolute atomic E-state index is 0.0237. The average molecular weight is 312 g/mol. The normalized spacial score (nSPS) is 10.4. The summed E-state index contributed by atoms with van der Waals surface area (Å²) in [6, 6.07) is 4.56. The van der Waals surface area contributed by atoms with Crippen LogP contribution in [0.4, 0.5) is 10.2 Å². The number of hydrogen-bond donors (Lipinski definition) is 2. The molecule has 0 spiro atoms. The molecule has 2 rings (SSSR count). The largest absolute Gasteiger partial charge is 0.305 e. The van der Waals surface area contributed by atoms with Crippen LogP contribution >= 0.6 is 15.9 Å². The van der Waals surface area contributed by atoms with Gasteiger partial charge in [-0.1, -0.05) is 6.07 Å². The number of hydrogen-bond acceptors (Lipinski definition) is 2. The Morgan fingerprint density at radius 2 is 2.17 bits per heavy atom. The molecule has 94 valence electrons. The van der Waals surface area contributed by atoms with E-state index in [1.807, 2.05) is 13.8 Å². The Morgan fingerprint density at radius 1 is 1.44 bits per heavy atom. The predicted octanol–water partition coefficient (Wildman–Crippen LogP) is 3.18. The molecule has 1 aromatic heterocycles. The lowest BCUT2D eigenvalue weighted by molar-refractivity contribution is 0.102. The van der Waals surface area contributed by atoms with Gasteiger partial charge in [-0.2, -0.15) is 5.10 Å². The van der Waals surface area contributed by atoms with Gasteiger partial charge in [-0.3, -0.25) is 9.89 Å². The van der Waals surface area contributed by atoms with Crippen molar-refractivity contribution in [1.82, 2.24) is 10.2 Å². The van der Waals surface area contributed by atoms with Crippen LogP contribution in [0.25, 0.3) is 0 Å². The van der Waals surface area contributed by atoms with Crippen LogP contribution in [0.3, 0.4) is 0 Å². The molecule has 0 aliphatic carbocycles. The summed E-state index contributed by atoms with van der Waals surface area (Å²) in [4.78, 5) is 11.9. The number of anilines is 1. The number of aromatic amines is 1. The Labute approximate surface area is 112 Å². The van der Waals surface area contributed by atoms with Gasteiger partial charge in [0.15, 0.2) is 5.82 Å². The highest BCUT2D eigenvalue weighted by Crippen LogP contribution is 2.20. The van der Waals surface area contributed by atoms with E-state index < -0.39 is 11.7 Å². The van der Waals surface area contributed by atoms with Crippen LogP contribution in [0.2, 0.25) is 0 Å². The van der Waals surface area contributed by atoms with Gasteiger partial charge in [0, 0.05) is 11.3 Å². The van der Waals surface area contributed by atoms with Crippen LogP contribution in [-0.2, 0) is 0 Å². The van der Waals surface area contributed by atoms with E-state index in [0.717, 1.165) is 11.3 Å². The zero-order valence-corrected chi connectivity index (χ0v) is 11.4. The smallest absolute Gasteiger partial charge is 0.259 e. The Bertz CT molecular complexity index is 609. The van der Waals surface area contributed by atoms with Crippen LogP contribution in [0.5, 0.6) is 0 Å². The number of amides is 1. The van der Waals surface area contributed by atoms with Crippen molar-refractivity contribution in [3.05, 3.63) is 45.3 Å². The van der Waals surface area contributed by atoms with E-state index >= 15 is 0 Å². The highest BCUT2D eigenvalue weighted by atomic mass is 79.9. The quantitative estimate of drug-likeness (QED) is 0.895. The van der Waals surface area contributed by atoms with Crippen molar-refractivity contribution in [2.24, 2.45) is 0 Å². The molecule has 1 aromatic carbocycles. The molecule has 2 aromatic rings. The number of nitrogens with zero attached hydrogens (tertiary/aromatic N) is 1. The highest BCUT2D eigenvalue weighted by Gasteiger charge is 2.16. The molecular formula is C12H11BrFN3O. The van der Waals surface area contributed by atoms with Gasteiger partial charge in [-0.25, -0.2) is 4.39 Å². The molecule has 0 unspecified atom stereocenters. The van der Waals surface area contributed by atoms with E-state index in [2.05, 4.69) is 31.4 Å². The second-order valence-electron chi connectivity index (χ2n) is 3.88. The molecule has 1 amide bonds. The molecule has 0 aliphatic heterocycles. The number of carbonyl (C=O) groups excluding carboxylic acids is 1. The second-order valence-corrected chi connectivity index (χ2v) is 4.73. The first-order valence-electron chi connectivity index (χ1n) is 5.27. The number of benzene rings is 1. The third kappa shape index (κ3) is 2.28. The zero-order valence-electron chi connectivity index (χ0n) is 9.84. The van der Waals surface area contributed by atoms with Gasteiger partial charge in [0.2, 0.25) is 0 Å². The van der Waals surface area contributed by atoms with Gasteiger partial charge in [0.1, 0.15) is 5.82 Å². The van der Waals surface area contributed by atoms with Crippen molar-refractivity contribution < 1.29 is 9.18 Å². The van der Waals surface area contributed by atoms with Gasteiger partial charge in [-0.05, 0) is 41.9 Å². The lowest BCUT2D eigenvalue weighted by Gasteiger charge is -2.05. The molecule has 6 heteroatoms. The number of aromatic nitrogens is 2. The number of carbonyl (C=O) groups is 1. The summed E-state index contributed by atoms with van der Waals surface area (Å²) >= 11 is 3.04. The Kier molecular flexibility index (Phi) is 3.47. The summed E-state index contributed by atoms with van der Waals surface area (Å²) < 4.78 is 14.0. The molecule has 0 fully saturated rings. The third-order valence-electron chi connectivity index (χ3n) is 2.68. The fourth-order valence-electron chi connectivity index (χ4n) is 1.46. The molecule has 0 saturated carbocycles. The Morgan fingerprint density at radius 3 is 2.78 bits per heavy atom. The van der Waals surface area contributed by atoms with Crippen molar-refractivity contribution in [3.8, 4) is 0 Å². The van der Waals surface area contributed by atoms with Crippen molar-refractivity contribution in [3.63, 3.8) is 0 Å². The number of H-pyrrole nitrogens is 1. The van der Waals surface area contributed by atoms with Crippen molar-refractivity contribution >= 4 is 27.7 Å². The summed E-state index contributed by atoms with van der Waals surface area (Å²) in [6.07, 6.45) is 0. The van der Waals surface area contributed by atoms with Gasteiger partial charge in [0.05, 0.1) is 10.0 Å². The van der Waals surface area contributed by atoms with E-state index in [-0.39, 0.29) is 10.0 Å². The average Bonchev–Trinajstić information content (AvgIpc) is 2.64. The molecule has 0 aliphatic rings. The summed E-state index contributed by atoms with van der Waals surface area (Å²) in [5.41, 5.74) is 1.67. The number of nitrogens with one attached hydrogen (secondary N) is 2. The Balaban J connectivity index is 2.28. The molecular weight excluding hydrogens is 301 g/mol. The maximum Gasteiger partial charge on any atom is 0.259 e.